The van der Waals surface area contributed by atoms with Crippen LogP contribution in [0, 0.1) is 11.3 Å². The second-order valence-electron chi connectivity index (χ2n) is 7.51. The molecule has 1 saturated heterocycles. The van der Waals surface area contributed by atoms with Gasteiger partial charge in [0, 0.05) is 24.8 Å². The molecule has 0 radical (unpaired) electrons. The van der Waals surface area contributed by atoms with Gasteiger partial charge in [0.1, 0.15) is 13.1 Å². The topological polar surface area (TPSA) is 61.2 Å². The largest absolute Gasteiger partial charge is 0.463 e. The maximum atomic E-state index is 8.72. The van der Waals surface area contributed by atoms with E-state index >= 15 is 0 Å². The normalized spacial score (nSPS) is 16.0. The number of likely N-dealkylation sites (tertiary alicyclic amines) is 1. The molecule has 0 spiro atoms. The number of nitrogens with two attached hydrogens (primary N) is 1. The molecule has 5 nitrogen and oxygen atoms in total. The molecule has 0 aliphatic carbocycles. The Bertz CT molecular complexity index is 699. The van der Waals surface area contributed by atoms with E-state index in [1.807, 2.05) is 13.1 Å². The number of benzene rings is 1. The highest BCUT2D eigenvalue weighted by molar-refractivity contribution is 5.46. The molecule has 0 bridgehead atoms. The van der Waals surface area contributed by atoms with E-state index in [9.17, 15) is 0 Å². The summed E-state index contributed by atoms with van der Waals surface area (Å²) >= 11 is 0. The van der Waals surface area contributed by atoms with Gasteiger partial charge in [-0.15, -0.1) is 0 Å². The number of nitrogens with zero attached hydrogens (tertiary/aromatic N) is 2. The van der Waals surface area contributed by atoms with Gasteiger partial charge < -0.3 is 19.5 Å². The molecule has 144 valence electrons. The predicted octanol–water partition coefficient (Wildman–Crippen LogP) is 1.50. The first-order valence-corrected chi connectivity index (χ1v) is 10.1. The summed E-state index contributed by atoms with van der Waals surface area (Å²) in [5, 5.41) is 11.1. The van der Waals surface area contributed by atoms with Gasteiger partial charge in [0.15, 0.2) is 11.8 Å². The van der Waals surface area contributed by atoms with Crippen molar-refractivity contribution >= 4 is 5.69 Å². The van der Waals surface area contributed by atoms with Crippen molar-refractivity contribution < 1.29 is 14.6 Å². The molecule has 1 aliphatic heterocycles. The summed E-state index contributed by atoms with van der Waals surface area (Å²) in [6.45, 7) is 5.30. The van der Waals surface area contributed by atoms with Crippen molar-refractivity contribution in [1.82, 2.24) is 0 Å². The van der Waals surface area contributed by atoms with Gasteiger partial charge >= 0.3 is 0 Å². The third kappa shape index (κ3) is 5.59. The van der Waals surface area contributed by atoms with Crippen molar-refractivity contribution in [1.29, 1.82) is 5.26 Å². The van der Waals surface area contributed by atoms with Gasteiger partial charge in [0.05, 0.1) is 31.8 Å². The molecule has 5 heteroatoms. The monoisotopic (exact) mass is 368 g/mol. The number of piperidine rings is 1. The Balaban J connectivity index is 1.53. The van der Waals surface area contributed by atoms with Crippen LogP contribution >= 0.6 is 0 Å². The number of nitriles is 1. The molecule has 1 aromatic heterocycles. The summed E-state index contributed by atoms with van der Waals surface area (Å²) in [5.41, 5.74) is 2.50. The maximum absolute atomic E-state index is 8.72. The lowest BCUT2D eigenvalue weighted by Gasteiger charge is -2.29. The number of hydrogen-bond donors (Lipinski definition) is 2. The van der Waals surface area contributed by atoms with Crippen molar-refractivity contribution in [2.45, 2.75) is 38.3 Å². The van der Waals surface area contributed by atoms with Crippen LogP contribution in [-0.4, -0.2) is 33.2 Å². The molecule has 2 aromatic rings. The molecule has 1 aliphatic rings. The lowest BCUT2D eigenvalue weighted by atomic mass is 10.1. The van der Waals surface area contributed by atoms with E-state index in [-0.39, 0.29) is 0 Å². The van der Waals surface area contributed by atoms with Crippen LogP contribution in [0.3, 0.4) is 0 Å². The second-order valence-corrected chi connectivity index (χ2v) is 7.51. The van der Waals surface area contributed by atoms with Crippen molar-refractivity contribution in [3.05, 3.63) is 54.0 Å². The fraction of sp³-hybridized carbons (Fsp3) is 0.500. The minimum atomic E-state index is 0.441. The summed E-state index contributed by atoms with van der Waals surface area (Å²) < 4.78 is 5.76. The Morgan fingerprint density at radius 3 is 2.63 bits per heavy atom. The molecule has 3 rings (SSSR count). The number of rotatable bonds is 9. The Morgan fingerprint density at radius 2 is 1.96 bits per heavy atom. The number of nitrogens with one attached hydrogen (secondary N) is 1. The standard InChI is InChI=1S/C22H30N4O/c1-25(13-6-12-23)20-10-8-19(9-11-20)17-24-18-21(22-7-5-16-27-22)26-14-3-2-4-15-26/h5,7-11,16,21,24H,2-4,6,13-15,17-18H2,1H3/p+2/t21-/m1/s1. The van der Waals surface area contributed by atoms with Crippen molar-refractivity contribution in [3.63, 3.8) is 0 Å². The molecule has 1 fully saturated rings. The number of anilines is 1. The van der Waals surface area contributed by atoms with Gasteiger partial charge in [-0.1, -0.05) is 12.1 Å². The summed E-state index contributed by atoms with van der Waals surface area (Å²) in [6.07, 6.45) is 6.38. The Labute approximate surface area is 162 Å². The first-order valence-electron chi connectivity index (χ1n) is 10.1. The number of quaternary nitrogens is 2. The van der Waals surface area contributed by atoms with Gasteiger partial charge in [-0.2, -0.15) is 5.26 Å². The van der Waals surface area contributed by atoms with Crippen LogP contribution in [0.25, 0.3) is 0 Å². The zero-order valence-electron chi connectivity index (χ0n) is 16.4. The molecule has 0 amide bonds. The van der Waals surface area contributed by atoms with Crippen LogP contribution in [0.4, 0.5) is 5.69 Å². The lowest BCUT2D eigenvalue weighted by molar-refractivity contribution is -0.951. The van der Waals surface area contributed by atoms with Crippen LogP contribution in [0.5, 0.6) is 0 Å². The maximum Gasteiger partial charge on any atom is 0.195 e. The van der Waals surface area contributed by atoms with E-state index in [1.54, 1.807) is 11.2 Å². The third-order valence-corrected chi connectivity index (χ3v) is 5.59. The van der Waals surface area contributed by atoms with E-state index in [0.29, 0.717) is 12.5 Å². The van der Waals surface area contributed by atoms with Gasteiger partial charge in [0.25, 0.3) is 0 Å². The van der Waals surface area contributed by atoms with Gasteiger partial charge in [-0.05, 0) is 43.5 Å². The smallest absolute Gasteiger partial charge is 0.195 e. The summed E-state index contributed by atoms with van der Waals surface area (Å²) in [6, 6.07) is 15.5. The highest BCUT2D eigenvalue weighted by atomic mass is 16.3. The van der Waals surface area contributed by atoms with Gasteiger partial charge in [0.2, 0.25) is 0 Å². The van der Waals surface area contributed by atoms with E-state index in [2.05, 4.69) is 46.6 Å². The minimum Gasteiger partial charge on any atom is -0.463 e. The molecule has 0 unspecified atom stereocenters. The van der Waals surface area contributed by atoms with Gasteiger partial charge in [-0.25, -0.2) is 0 Å². The van der Waals surface area contributed by atoms with Crippen LogP contribution in [0.2, 0.25) is 0 Å². The Hall–Kier alpha value is -2.29. The van der Waals surface area contributed by atoms with Crippen molar-refractivity contribution in [2.24, 2.45) is 0 Å². The molecule has 3 N–H and O–H groups in total. The van der Waals surface area contributed by atoms with Crippen LogP contribution in [0.1, 0.15) is 43.0 Å². The van der Waals surface area contributed by atoms with E-state index < -0.39 is 0 Å². The fourth-order valence-corrected chi connectivity index (χ4v) is 3.98. The third-order valence-electron chi connectivity index (χ3n) is 5.59. The first-order chi connectivity index (χ1) is 13.3. The number of hydrogen-bond acceptors (Lipinski definition) is 3. The van der Waals surface area contributed by atoms with Crippen LogP contribution in [-0.2, 0) is 6.54 Å². The van der Waals surface area contributed by atoms with E-state index in [4.69, 9.17) is 9.68 Å². The highest BCUT2D eigenvalue weighted by Crippen LogP contribution is 2.14. The first kappa shape index (κ1) is 19.5. The summed E-state index contributed by atoms with van der Waals surface area (Å²) in [5.74, 6) is 1.12. The van der Waals surface area contributed by atoms with E-state index in [1.165, 1.54) is 43.6 Å². The fourth-order valence-electron chi connectivity index (χ4n) is 3.98. The van der Waals surface area contributed by atoms with Gasteiger partial charge in [-0.3, -0.25) is 0 Å². The molecular weight excluding hydrogens is 336 g/mol. The number of furan rings is 1. The molecular formula is C22H32N4O+2. The second kappa shape index (κ2) is 10.1. The lowest BCUT2D eigenvalue weighted by Crippen LogP contribution is -3.15. The highest BCUT2D eigenvalue weighted by Gasteiger charge is 2.29. The Kier molecular flexibility index (Phi) is 7.32. The predicted molar refractivity (Wildman–Crippen MR) is 106 cm³/mol. The van der Waals surface area contributed by atoms with E-state index in [0.717, 1.165) is 25.4 Å². The minimum absolute atomic E-state index is 0.441. The van der Waals surface area contributed by atoms with Crippen molar-refractivity contribution in [2.75, 3.05) is 38.1 Å². The molecule has 0 saturated carbocycles. The summed E-state index contributed by atoms with van der Waals surface area (Å²) in [7, 11) is 2.04. The molecule has 1 atom stereocenters. The quantitative estimate of drug-likeness (QED) is 0.705. The molecule has 1 aromatic carbocycles. The van der Waals surface area contributed by atoms with Crippen LogP contribution in [0.15, 0.2) is 47.1 Å². The zero-order chi connectivity index (χ0) is 18.9. The Morgan fingerprint density at radius 1 is 1.19 bits per heavy atom. The van der Waals surface area contributed by atoms with Crippen LogP contribution < -0.4 is 15.1 Å². The average Bonchev–Trinajstić information content (AvgIpc) is 3.25. The SMILES string of the molecule is CN(CCC#N)c1ccc(C[NH2+]C[C@H](c2ccco2)[NH+]2CCCCC2)cc1. The molecule has 2 heterocycles. The van der Waals surface area contributed by atoms with Crippen molar-refractivity contribution in [3.8, 4) is 6.07 Å². The average molecular weight is 369 g/mol. The molecule has 27 heavy (non-hydrogen) atoms. The summed E-state index contributed by atoms with van der Waals surface area (Å²) in [4.78, 5) is 3.80. The zero-order valence-corrected chi connectivity index (χ0v) is 16.4.